The van der Waals surface area contributed by atoms with Gasteiger partial charge in [-0.1, -0.05) is 13.3 Å². The molecule has 0 unspecified atom stereocenters. The summed E-state index contributed by atoms with van der Waals surface area (Å²) in [6.07, 6.45) is 4.69. The summed E-state index contributed by atoms with van der Waals surface area (Å²) < 4.78 is 7.75. The van der Waals surface area contributed by atoms with Crippen LogP contribution in [-0.4, -0.2) is 43.4 Å². The Kier molecular flexibility index (Phi) is 5.61. The van der Waals surface area contributed by atoms with Crippen LogP contribution in [0.3, 0.4) is 0 Å². The summed E-state index contributed by atoms with van der Waals surface area (Å²) >= 11 is 0. The molecule has 0 saturated heterocycles. The number of nitrogens with zero attached hydrogens (tertiary/aromatic N) is 4. The van der Waals surface area contributed by atoms with Crippen LogP contribution in [-0.2, 0) is 16.3 Å². The Morgan fingerprint density at radius 2 is 2.23 bits per heavy atom. The van der Waals surface area contributed by atoms with Gasteiger partial charge < -0.3 is 9.84 Å². The highest BCUT2D eigenvalue weighted by Crippen LogP contribution is 2.04. The number of unbranched alkanes of at least 4 members (excludes halogenated alkanes) is 1. The summed E-state index contributed by atoms with van der Waals surface area (Å²) in [7, 11) is 0. The number of amides is 1. The second kappa shape index (κ2) is 7.66. The number of ether oxygens (including phenoxy) is 1. The third-order valence-electron chi connectivity index (χ3n) is 3.00. The van der Waals surface area contributed by atoms with E-state index in [4.69, 9.17) is 9.84 Å². The molecule has 0 aromatic carbocycles. The highest BCUT2D eigenvalue weighted by atomic mass is 16.5. The standard InChI is InChI=1S/C13H19N5O4/c1-2-3-4-10(20)16-18-8-15-12-11(13(18)21)14-7-17(12)9-22-6-5-19/h7-8,19H,2-6,9H2,1H3,(H,16,20). The largest absolute Gasteiger partial charge is 0.394 e. The highest BCUT2D eigenvalue weighted by Gasteiger charge is 2.11. The van der Waals surface area contributed by atoms with Crippen LogP contribution in [0.15, 0.2) is 17.4 Å². The quantitative estimate of drug-likeness (QED) is 0.654. The molecule has 0 aliphatic carbocycles. The number of carbonyl (C=O) groups is 1. The first-order chi connectivity index (χ1) is 10.7. The SMILES string of the molecule is CCCCC(=O)Nn1cnc2c(ncn2COCCO)c1=O. The van der Waals surface area contributed by atoms with Gasteiger partial charge in [-0.15, -0.1) is 0 Å². The predicted octanol–water partition coefficient (Wildman–Crippen LogP) is -0.180. The van der Waals surface area contributed by atoms with Crippen LogP contribution in [0.1, 0.15) is 26.2 Å². The highest BCUT2D eigenvalue weighted by molar-refractivity contribution is 5.83. The molecule has 2 aromatic heterocycles. The number of rotatable bonds is 8. The second-order valence-corrected chi connectivity index (χ2v) is 4.71. The molecule has 0 fully saturated rings. The van der Waals surface area contributed by atoms with E-state index in [1.807, 2.05) is 6.92 Å². The normalized spacial score (nSPS) is 11.0. The van der Waals surface area contributed by atoms with Gasteiger partial charge in [-0.05, 0) is 6.42 Å². The van der Waals surface area contributed by atoms with Gasteiger partial charge in [0.05, 0.1) is 19.5 Å². The number of fused-ring (bicyclic) bond motifs is 1. The lowest BCUT2D eigenvalue weighted by molar-refractivity contribution is -0.117. The van der Waals surface area contributed by atoms with Gasteiger partial charge in [0.2, 0.25) is 5.91 Å². The van der Waals surface area contributed by atoms with Crippen LogP contribution < -0.4 is 11.0 Å². The van der Waals surface area contributed by atoms with Gasteiger partial charge >= 0.3 is 0 Å². The maximum atomic E-state index is 12.2. The molecule has 0 bridgehead atoms. The summed E-state index contributed by atoms with van der Waals surface area (Å²) in [5.74, 6) is -0.240. The number of aromatic nitrogens is 4. The molecule has 2 N–H and O–H groups in total. The van der Waals surface area contributed by atoms with Crippen LogP contribution in [0.4, 0.5) is 0 Å². The molecule has 0 aliphatic heterocycles. The molecule has 120 valence electrons. The van der Waals surface area contributed by atoms with E-state index in [1.165, 1.54) is 12.7 Å². The van der Waals surface area contributed by atoms with Crippen LogP contribution >= 0.6 is 0 Å². The van der Waals surface area contributed by atoms with Gasteiger partial charge in [-0.25, -0.2) is 14.6 Å². The van der Waals surface area contributed by atoms with Crippen molar-refractivity contribution in [2.75, 3.05) is 18.6 Å². The monoisotopic (exact) mass is 309 g/mol. The minimum atomic E-state index is -0.448. The third kappa shape index (κ3) is 3.68. The van der Waals surface area contributed by atoms with Gasteiger partial charge in [0.25, 0.3) is 5.56 Å². The average Bonchev–Trinajstić information content (AvgIpc) is 2.92. The maximum Gasteiger partial charge on any atom is 0.300 e. The fourth-order valence-corrected chi connectivity index (χ4v) is 1.87. The molecular formula is C13H19N5O4. The molecule has 0 saturated carbocycles. The van der Waals surface area contributed by atoms with Gasteiger partial charge in [0, 0.05) is 6.42 Å². The molecule has 9 nitrogen and oxygen atoms in total. The Hall–Kier alpha value is -2.26. The molecule has 0 atom stereocenters. The van der Waals surface area contributed by atoms with Crippen molar-refractivity contribution < 1.29 is 14.6 Å². The zero-order chi connectivity index (χ0) is 15.9. The van der Waals surface area contributed by atoms with E-state index in [-0.39, 0.29) is 31.4 Å². The summed E-state index contributed by atoms with van der Waals surface area (Å²) in [6, 6.07) is 0. The van der Waals surface area contributed by atoms with Crippen LogP contribution in [0.25, 0.3) is 11.2 Å². The molecule has 2 aromatic rings. The average molecular weight is 309 g/mol. The van der Waals surface area contributed by atoms with Crippen molar-refractivity contribution in [1.82, 2.24) is 19.2 Å². The van der Waals surface area contributed by atoms with E-state index >= 15 is 0 Å². The van der Waals surface area contributed by atoms with Crippen molar-refractivity contribution in [2.24, 2.45) is 0 Å². The summed E-state index contributed by atoms with van der Waals surface area (Å²) in [6.45, 7) is 2.22. The first kappa shape index (κ1) is 16.1. The molecule has 2 heterocycles. The molecule has 22 heavy (non-hydrogen) atoms. The third-order valence-corrected chi connectivity index (χ3v) is 3.00. The molecule has 0 spiro atoms. The minimum absolute atomic E-state index is 0.0867. The van der Waals surface area contributed by atoms with E-state index in [2.05, 4.69) is 15.4 Å². The van der Waals surface area contributed by atoms with Crippen LogP contribution in [0, 0.1) is 0 Å². The van der Waals surface area contributed by atoms with E-state index in [9.17, 15) is 9.59 Å². The Bertz CT molecular complexity index is 693. The Morgan fingerprint density at radius 3 is 2.95 bits per heavy atom. The maximum absolute atomic E-state index is 12.2. The Labute approximate surface area is 126 Å². The van der Waals surface area contributed by atoms with Gasteiger partial charge in [0.1, 0.15) is 13.1 Å². The lowest BCUT2D eigenvalue weighted by Crippen LogP contribution is -2.33. The van der Waals surface area contributed by atoms with Gasteiger partial charge in [0.15, 0.2) is 11.2 Å². The zero-order valence-electron chi connectivity index (χ0n) is 12.4. The number of nitrogens with one attached hydrogen (secondary N) is 1. The second-order valence-electron chi connectivity index (χ2n) is 4.71. The van der Waals surface area contributed by atoms with Crippen molar-refractivity contribution in [3.63, 3.8) is 0 Å². The topological polar surface area (TPSA) is 111 Å². The van der Waals surface area contributed by atoms with Crippen molar-refractivity contribution >= 4 is 17.1 Å². The molecule has 1 amide bonds. The summed E-state index contributed by atoms with van der Waals surface area (Å²) in [5, 5.41) is 8.68. The smallest absolute Gasteiger partial charge is 0.300 e. The van der Waals surface area contributed by atoms with Crippen molar-refractivity contribution in [1.29, 1.82) is 0 Å². The minimum Gasteiger partial charge on any atom is -0.394 e. The Morgan fingerprint density at radius 1 is 1.41 bits per heavy atom. The lowest BCUT2D eigenvalue weighted by atomic mass is 10.2. The molecule has 2 rings (SSSR count). The van der Waals surface area contributed by atoms with Gasteiger partial charge in [-0.3, -0.25) is 19.6 Å². The number of imidazole rings is 1. The number of hydrogen-bond donors (Lipinski definition) is 2. The fourth-order valence-electron chi connectivity index (χ4n) is 1.87. The summed E-state index contributed by atoms with van der Waals surface area (Å²) in [4.78, 5) is 32.0. The van der Waals surface area contributed by atoms with E-state index in [0.29, 0.717) is 12.1 Å². The van der Waals surface area contributed by atoms with Gasteiger partial charge in [-0.2, -0.15) is 0 Å². The zero-order valence-corrected chi connectivity index (χ0v) is 12.4. The van der Waals surface area contributed by atoms with E-state index in [1.54, 1.807) is 4.57 Å². The van der Waals surface area contributed by atoms with Crippen LogP contribution in [0.2, 0.25) is 0 Å². The van der Waals surface area contributed by atoms with E-state index in [0.717, 1.165) is 17.5 Å². The van der Waals surface area contributed by atoms with Crippen LogP contribution in [0.5, 0.6) is 0 Å². The molecule has 0 radical (unpaired) electrons. The first-order valence-corrected chi connectivity index (χ1v) is 7.08. The molecule has 0 aliphatic rings. The van der Waals surface area contributed by atoms with Crippen molar-refractivity contribution in [3.8, 4) is 0 Å². The predicted molar refractivity (Wildman–Crippen MR) is 78.7 cm³/mol. The van der Waals surface area contributed by atoms with Crippen molar-refractivity contribution in [2.45, 2.75) is 32.9 Å². The molecular weight excluding hydrogens is 290 g/mol. The number of carbonyl (C=O) groups excluding carboxylic acids is 1. The number of aliphatic hydroxyl groups excluding tert-OH is 1. The Balaban J connectivity index is 2.17. The lowest BCUT2D eigenvalue weighted by Gasteiger charge is -2.07. The van der Waals surface area contributed by atoms with E-state index < -0.39 is 5.56 Å². The fraction of sp³-hybridized carbons (Fsp3) is 0.538. The summed E-state index contributed by atoms with van der Waals surface area (Å²) in [5.41, 5.74) is 2.55. The number of hydrogen-bond acceptors (Lipinski definition) is 6. The number of aliphatic hydroxyl groups is 1. The first-order valence-electron chi connectivity index (χ1n) is 7.08. The molecule has 9 heteroatoms. The van der Waals surface area contributed by atoms with Crippen molar-refractivity contribution in [3.05, 3.63) is 23.0 Å².